The molecule has 0 saturated carbocycles. The van der Waals surface area contributed by atoms with Gasteiger partial charge in [0.2, 0.25) is 10.0 Å². The first-order valence-corrected chi connectivity index (χ1v) is 8.48. The Morgan fingerprint density at radius 3 is 2.83 bits per heavy atom. The van der Waals surface area contributed by atoms with Crippen molar-refractivity contribution in [3.05, 3.63) is 18.5 Å². The van der Waals surface area contributed by atoms with E-state index in [9.17, 15) is 8.42 Å². The van der Waals surface area contributed by atoms with Crippen molar-refractivity contribution >= 4 is 27.5 Å². The minimum Gasteiger partial charge on any atom is -0.384 e. The van der Waals surface area contributed by atoms with E-state index in [2.05, 4.69) is 15.0 Å². The van der Waals surface area contributed by atoms with Gasteiger partial charge in [0.25, 0.3) is 0 Å². The van der Waals surface area contributed by atoms with Crippen LogP contribution >= 0.6 is 11.8 Å². The molecule has 0 aromatic carbocycles. The molecule has 0 bridgehead atoms. The Morgan fingerprint density at radius 2 is 2.22 bits per heavy atom. The summed E-state index contributed by atoms with van der Waals surface area (Å²) in [7, 11) is -3.51. The Balaban J connectivity index is 2.90. The van der Waals surface area contributed by atoms with E-state index in [1.54, 1.807) is 24.0 Å². The van der Waals surface area contributed by atoms with E-state index in [0.717, 1.165) is 0 Å². The second kappa shape index (κ2) is 6.96. The lowest BCUT2D eigenvalue weighted by atomic mass is 10.4. The molecule has 5 nitrogen and oxygen atoms in total. The molecule has 0 fully saturated rings. The highest BCUT2D eigenvalue weighted by Gasteiger charge is 2.18. The van der Waals surface area contributed by atoms with Gasteiger partial charge in [-0.2, -0.15) is 11.8 Å². The molecule has 1 atom stereocenters. The van der Waals surface area contributed by atoms with Gasteiger partial charge in [0, 0.05) is 30.7 Å². The third kappa shape index (κ3) is 4.15. The van der Waals surface area contributed by atoms with Crippen LogP contribution in [-0.2, 0) is 10.0 Å². The topological polar surface area (TPSA) is 71.1 Å². The molecule has 1 aromatic rings. The summed E-state index contributed by atoms with van der Waals surface area (Å²) in [5.74, 6) is 0. The van der Waals surface area contributed by atoms with Crippen molar-refractivity contribution in [3.8, 4) is 0 Å². The van der Waals surface area contributed by atoms with Crippen LogP contribution in [0.3, 0.4) is 0 Å². The van der Waals surface area contributed by atoms with E-state index < -0.39 is 10.0 Å². The number of rotatable bonds is 7. The zero-order valence-corrected chi connectivity index (χ0v) is 12.4. The first kappa shape index (κ1) is 15.3. The largest absolute Gasteiger partial charge is 0.384 e. The first-order valence-electron chi connectivity index (χ1n) is 5.71. The van der Waals surface area contributed by atoms with Gasteiger partial charge in [-0.25, -0.2) is 13.1 Å². The van der Waals surface area contributed by atoms with Crippen molar-refractivity contribution < 1.29 is 8.42 Å². The molecule has 102 valence electrons. The fraction of sp³-hybridized carbons (Fsp3) is 0.545. The third-order valence-corrected chi connectivity index (χ3v) is 4.83. The molecule has 0 aliphatic rings. The molecular weight excluding hydrogens is 270 g/mol. The average molecular weight is 289 g/mol. The predicted molar refractivity (Wildman–Crippen MR) is 76.6 cm³/mol. The van der Waals surface area contributed by atoms with Crippen LogP contribution in [-0.4, -0.2) is 38.0 Å². The maximum absolute atomic E-state index is 12.1. The molecule has 1 unspecified atom stereocenters. The summed E-state index contributed by atoms with van der Waals surface area (Å²) in [4.78, 5) is 4.07. The molecule has 1 rings (SSSR count). The van der Waals surface area contributed by atoms with Crippen molar-refractivity contribution in [2.75, 3.05) is 24.7 Å². The number of nitrogens with one attached hydrogen (secondary N) is 2. The maximum atomic E-state index is 12.1. The van der Waals surface area contributed by atoms with E-state index in [1.165, 1.54) is 6.20 Å². The van der Waals surface area contributed by atoms with Crippen LogP contribution in [0.25, 0.3) is 0 Å². The van der Waals surface area contributed by atoms with Gasteiger partial charge in [0.1, 0.15) is 4.90 Å². The van der Waals surface area contributed by atoms with E-state index in [4.69, 9.17) is 0 Å². The van der Waals surface area contributed by atoms with Gasteiger partial charge in [0.05, 0.1) is 5.69 Å². The minimum absolute atomic E-state index is 0.195. The minimum atomic E-state index is -3.51. The van der Waals surface area contributed by atoms with Crippen LogP contribution < -0.4 is 10.0 Å². The number of hydrogen-bond donors (Lipinski definition) is 2. The summed E-state index contributed by atoms with van der Waals surface area (Å²) < 4.78 is 26.9. The summed E-state index contributed by atoms with van der Waals surface area (Å²) >= 11 is 1.62. The smallest absolute Gasteiger partial charge is 0.244 e. The van der Waals surface area contributed by atoms with Gasteiger partial charge in [-0.05, 0) is 19.2 Å². The van der Waals surface area contributed by atoms with Crippen LogP contribution in [0.1, 0.15) is 13.8 Å². The second-order valence-corrected chi connectivity index (χ2v) is 6.81. The maximum Gasteiger partial charge on any atom is 0.244 e. The Labute approximate surface area is 113 Å². The standard InChI is InChI=1S/C11H19N3O2S2/c1-4-13-10-5-6-12-8-11(10)18(15,16)14-7-9(2)17-3/h5-6,8-9,14H,4,7H2,1-3H3,(H,12,13). The Bertz CT molecular complexity index is 477. The van der Waals surface area contributed by atoms with Crippen LogP contribution in [0.15, 0.2) is 23.4 Å². The van der Waals surface area contributed by atoms with Gasteiger partial charge >= 0.3 is 0 Å². The summed E-state index contributed by atoms with van der Waals surface area (Å²) in [5.41, 5.74) is 0.580. The van der Waals surface area contributed by atoms with Gasteiger partial charge in [-0.1, -0.05) is 6.92 Å². The third-order valence-electron chi connectivity index (χ3n) is 2.40. The van der Waals surface area contributed by atoms with Crippen molar-refractivity contribution in [3.63, 3.8) is 0 Å². The summed E-state index contributed by atoms with van der Waals surface area (Å²) in [6, 6.07) is 1.66. The number of hydrogen-bond acceptors (Lipinski definition) is 5. The Morgan fingerprint density at radius 1 is 1.50 bits per heavy atom. The molecule has 0 saturated heterocycles. The second-order valence-electron chi connectivity index (χ2n) is 3.80. The Hall–Kier alpha value is -0.790. The van der Waals surface area contributed by atoms with Crippen molar-refractivity contribution in [1.29, 1.82) is 0 Å². The number of anilines is 1. The lowest BCUT2D eigenvalue weighted by Gasteiger charge is -2.13. The lowest BCUT2D eigenvalue weighted by Crippen LogP contribution is -2.30. The molecule has 0 radical (unpaired) electrons. The first-order chi connectivity index (χ1) is 8.51. The van der Waals surface area contributed by atoms with Gasteiger partial charge < -0.3 is 5.32 Å². The van der Waals surface area contributed by atoms with E-state index >= 15 is 0 Å². The van der Waals surface area contributed by atoms with Crippen molar-refractivity contribution in [2.24, 2.45) is 0 Å². The normalized spacial score (nSPS) is 13.3. The van der Waals surface area contributed by atoms with Crippen molar-refractivity contribution in [2.45, 2.75) is 24.0 Å². The number of nitrogens with zero attached hydrogens (tertiary/aromatic N) is 1. The van der Waals surface area contributed by atoms with E-state index in [0.29, 0.717) is 18.8 Å². The van der Waals surface area contributed by atoms with Crippen LogP contribution in [0.4, 0.5) is 5.69 Å². The Kier molecular flexibility index (Phi) is 5.90. The van der Waals surface area contributed by atoms with Gasteiger partial charge in [-0.3, -0.25) is 4.98 Å². The lowest BCUT2D eigenvalue weighted by molar-refractivity contribution is 0.581. The average Bonchev–Trinajstić information content (AvgIpc) is 2.37. The zero-order chi connectivity index (χ0) is 13.6. The molecular formula is C11H19N3O2S2. The fourth-order valence-electron chi connectivity index (χ4n) is 1.32. The monoisotopic (exact) mass is 289 g/mol. The van der Waals surface area contributed by atoms with E-state index in [-0.39, 0.29) is 10.1 Å². The number of aromatic nitrogens is 1. The summed E-state index contributed by atoms with van der Waals surface area (Å²) in [6.07, 6.45) is 4.89. The zero-order valence-electron chi connectivity index (χ0n) is 10.8. The molecule has 7 heteroatoms. The molecule has 0 amide bonds. The number of sulfonamides is 1. The van der Waals surface area contributed by atoms with Crippen molar-refractivity contribution in [1.82, 2.24) is 9.71 Å². The van der Waals surface area contributed by atoms with Gasteiger partial charge in [-0.15, -0.1) is 0 Å². The SMILES string of the molecule is CCNc1ccncc1S(=O)(=O)NCC(C)SC. The molecule has 0 aliphatic carbocycles. The summed E-state index contributed by atoms with van der Waals surface area (Å²) in [5, 5.41) is 3.25. The van der Waals surface area contributed by atoms with Gasteiger partial charge in [0.15, 0.2) is 0 Å². The number of pyridine rings is 1. The molecule has 1 aromatic heterocycles. The van der Waals surface area contributed by atoms with Crippen LogP contribution in [0, 0.1) is 0 Å². The molecule has 1 heterocycles. The highest BCUT2D eigenvalue weighted by Crippen LogP contribution is 2.19. The quantitative estimate of drug-likeness (QED) is 0.797. The fourth-order valence-corrected chi connectivity index (χ4v) is 2.93. The van der Waals surface area contributed by atoms with E-state index in [1.807, 2.05) is 20.1 Å². The molecule has 18 heavy (non-hydrogen) atoms. The van der Waals surface area contributed by atoms with Crippen LogP contribution in [0.2, 0.25) is 0 Å². The predicted octanol–water partition coefficient (Wildman–Crippen LogP) is 1.54. The highest BCUT2D eigenvalue weighted by molar-refractivity contribution is 7.99. The molecule has 2 N–H and O–H groups in total. The molecule has 0 spiro atoms. The van der Waals surface area contributed by atoms with Crippen LogP contribution in [0.5, 0.6) is 0 Å². The molecule has 0 aliphatic heterocycles. The number of thioether (sulfide) groups is 1. The summed E-state index contributed by atoms with van der Waals surface area (Å²) in [6.45, 7) is 4.96. The highest BCUT2D eigenvalue weighted by atomic mass is 32.2.